The van der Waals surface area contributed by atoms with Crippen LogP contribution < -0.4 is 11.1 Å². The van der Waals surface area contributed by atoms with Crippen molar-refractivity contribution in [3.8, 4) is 0 Å². The summed E-state index contributed by atoms with van der Waals surface area (Å²) in [6.07, 6.45) is 1.68. The lowest BCUT2D eigenvalue weighted by molar-refractivity contribution is 0.0897. The van der Waals surface area contributed by atoms with Gasteiger partial charge in [0.25, 0.3) is 5.91 Å². The van der Waals surface area contributed by atoms with Gasteiger partial charge in [-0.05, 0) is 18.9 Å². The summed E-state index contributed by atoms with van der Waals surface area (Å²) in [5.41, 5.74) is 6.29. The highest BCUT2D eigenvalue weighted by molar-refractivity contribution is 7.17. The summed E-state index contributed by atoms with van der Waals surface area (Å²) in [6.45, 7) is 4.58. The number of carbonyl (C=O) groups excluding carboxylic acids is 1. The van der Waals surface area contributed by atoms with Crippen LogP contribution in [0.25, 0.3) is 10.1 Å². The number of rotatable bonds is 5. The molecule has 0 bridgehead atoms. The second kappa shape index (κ2) is 7.07. The van der Waals surface area contributed by atoms with Crippen molar-refractivity contribution in [2.45, 2.75) is 32.2 Å². The molecule has 0 atom stereocenters. The third kappa shape index (κ3) is 3.14. The fourth-order valence-electron chi connectivity index (χ4n) is 2.23. The topological polar surface area (TPSA) is 55.1 Å². The number of fused-ring (bicyclic) bond motifs is 1. The van der Waals surface area contributed by atoms with Crippen molar-refractivity contribution >= 4 is 39.7 Å². The molecule has 0 aliphatic rings. The van der Waals surface area contributed by atoms with Crippen LogP contribution in [0.2, 0.25) is 0 Å². The smallest absolute Gasteiger partial charge is 0.253 e. The van der Waals surface area contributed by atoms with Crippen LogP contribution in [0.15, 0.2) is 29.6 Å². The molecule has 2 aromatic rings. The summed E-state index contributed by atoms with van der Waals surface area (Å²) in [4.78, 5) is 12.5. The summed E-state index contributed by atoms with van der Waals surface area (Å²) >= 11 is 1.60. The van der Waals surface area contributed by atoms with Gasteiger partial charge in [0.15, 0.2) is 0 Å². The predicted molar refractivity (Wildman–Crippen MR) is 88.9 cm³/mol. The van der Waals surface area contributed by atoms with Crippen LogP contribution in [0.5, 0.6) is 0 Å². The Balaban J connectivity index is 0.00000200. The van der Waals surface area contributed by atoms with E-state index in [0.29, 0.717) is 6.54 Å². The number of amides is 1. The highest BCUT2D eigenvalue weighted by Crippen LogP contribution is 2.26. The van der Waals surface area contributed by atoms with E-state index in [4.69, 9.17) is 5.73 Å². The zero-order valence-electron chi connectivity index (χ0n) is 11.8. The van der Waals surface area contributed by atoms with Gasteiger partial charge in [-0.25, -0.2) is 0 Å². The molecule has 0 spiro atoms. The Morgan fingerprint density at radius 1 is 1.30 bits per heavy atom. The van der Waals surface area contributed by atoms with Gasteiger partial charge >= 0.3 is 0 Å². The Hall–Kier alpha value is -1.10. The van der Waals surface area contributed by atoms with Crippen LogP contribution in [-0.2, 0) is 0 Å². The molecule has 0 fully saturated rings. The highest BCUT2D eigenvalue weighted by atomic mass is 35.5. The van der Waals surface area contributed by atoms with E-state index in [0.717, 1.165) is 28.5 Å². The van der Waals surface area contributed by atoms with E-state index in [1.807, 2.05) is 29.6 Å². The maximum Gasteiger partial charge on any atom is 0.253 e. The third-order valence-electron chi connectivity index (χ3n) is 3.85. The van der Waals surface area contributed by atoms with Gasteiger partial charge in [0.05, 0.1) is 11.1 Å². The van der Waals surface area contributed by atoms with Gasteiger partial charge < -0.3 is 11.1 Å². The van der Waals surface area contributed by atoms with E-state index >= 15 is 0 Å². The fourth-order valence-corrected chi connectivity index (χ4v) is 3.17. The minimum absolute atomic E-state index is 0. The molecule has 1 aromatic heterocycles. The van der Waals surface area contributed by atoms with E-state index < -0.39 is 0 Å². The molecule has 0 radical (unpaired) electrons. The second-order valence-corrected chi connectivity index (χ2v) is 5.70. The SMILES string of the molecule is CCC(CC)(CN)NC(=O)c1csc2ccccc12.Cl. The summed E-state index contributed by atoms with van der Waals surface area (Å²) < 4.78 is 1.14. The Morgan fingerprint density at radius 2 is 1.95 bits per heavy atom. The first-order valence-corrected chi connectivity index (χ1v) is 7.52. The normalized spacial score (nSPS) is 11.2. The lowest BCUT2D eigenvalue weighted by atomic mass is 9.92. The van der Waals surface area contributed by atoms with Crippen LogP contribution in [0.3, 0.4) is 0 Å². The number of carbonyl (C=O) groups is 1. The molecule has 0 aliphatic carbocycles. The molecule has 1 amide bonds. The summed E-state index contributed by atoms with van der Waals surface area (Å²) in [7, 11) is 0. The van der Waals surface area contributed by atoms with Crippen LogP contribution in [0.1, 0.15) is 37.0 Å². The minimum Gasteiger partial charge on any atom is -0.345 e. The first kappa shape index (κ1) is 17.0. The maximum absolute atomic E-state index is 12.5. The van der Waals surface area contributed by atoms with Gasteiger partial charge in [-0.2, -0.15) is 0 Å². The molecule has 2 rings (SSSR count). The number of benzene rings is 1. The highest BCUT2D eigenvalue weighted by Gasteiger charge is 2.27. The van der Waals surface area contributed by atoms with Crippen molar-refractivity contribution in [3.05, 3.63) is 35.2 Å². The number of hydrogen-bond donors (Lipinski definition) is 2. The average Bonchev–Trinajstić information content (AvgIpc) is 2.89. The molecular formula is C15H21ClN2OS. The molecule has 0 saturated carbocycles. The van der Waals surface area contributed by atoms with Crippen molar-refractivity contribution in [2.75, 3.05) is 6.54 Å². The van der Waals surface area contributed by atoms with Crippen LogP contribution in [0, 0.1) is 0 Å². The van der Waals surface area contributed by atoms with E-state index in [1.54, 1.807) is 11.3 Å². The van der Waals surface area contributed by atoms with Crippen LogP contribution in [0.4, 0.5) is 0 Å². The standard InChI is InChI=1S/C15H20N2OS.ClH/c1-3-15(4-2,10-16)17-14(18)12-9-19-13-8-6-5-7-11(12)13;/h5-9H,3-4,10,16H2,1-2H3,(H,17,18);1H. The monoisotopic (exact) mass is 312 g/mol. The minimum atomic E-state index is -0.292. The van der Waals surface area contributed by atoms with Gasteiger partial charge in [0.2, 0.25) is 0 Å². The molecule has 5 heteroatoms. The molecular weight excluding hydrogens is 292 g/mol. The first-order chi connectivity index (χ1) is 9.15. The van der Waals surface area contributed by atoms with Gasteiger partial charge in [0, 0.05) is 22.0 Å². The zero-order valence-corrected chi connectivity index (χ0v) is 13.4. The van der Waals surface area contributed by atoms with Gasteiger partial charge in [-0.3, -0.25) is 4.79 Å². The predicted octanol–water partition coefficient (Wildman–Crippen LogP) is 3.57. The quantitative estimate of drug-likeness (QED) is 0.886. The van der Waals surface area contributed by atoms with Crippen molar-refractivity contribution in [2.24, 2.45) is 5.73 Å². The largest absolute Gasteiger partial charge is 0.345 e. The molecule has 0 unspecified atom stereocenters. The van der Waals surface area contributed by atoms with Gasteiger partial charge in [-0.15, -0.1) is 23.7 Å². The van der Waals surface area contributed by atoms with Crippen molar-refractivity contribution < 1.29 is 4.79 Å². The Kier molecular flexibility index (Phi) is 5.99. The second-order valence-electron chi connectivity index (χ2n) is 4.79. The Bertz CT molecular complexity index is 570. The van der Waals surface area contributed by atoms with Crippen molar-refractivity contribution in [3.63, 3.8) is 0 Å². The number of hydrogen-bond acceptors (Lipinski definition) is 3. The Labute approximate surface area is 130 Å². The fraction of sp³-hybridized carbons (Fsp3) is 0.400. The van der Waals surface area contributed by atoms with Crippen LogP contribution in [-0.4, -0.2) is 18.0 Å². The van der Waals surface area contributed by atoms with Gasteiger partial charge in [0.1, 0.15) is 0 Å². The van der Waals surface area contributed by atoms with Crippen molar-refractivity contribution in [1.29, 1.82) is 0 Å². The molecule has 20 heavy (non-hydrogen) atoms. The third-order valence-corrected chi connectivity index (χ3v) is 4.81. The number of thiophene rings is 1. The lowest BCUT2D eigenvalue weighted by Crippen LogP contribution is -2.52. The van der Waals surface area contributed by atoms with E-state index in [-0.39, 0.29) is 23.9 Å². The van der Waals surface area contributed by atoms with E-state index in [9.17, 15) is 4.79 Å². The van der Waals surface area contributed by atoms with Gasteiger partial charge in [-0.1, -0.05) is 32.0 Å². The Morgan fingerprint density at radius 3 is 2.55 bits per heavy atom. The number of halogens is 1. The number of nitrogens with two attached hydrogens (primary N) is 1. The number of nitrogens with one attached hydrogen (secondary N) is 1. The molecule has 1 heterocycles. The van der Waals surface area contributed by atoms with Crippen molar-refractivity contribution in [1.82, 2.24) is 5.32 Å². The zero-order chi connectivity index (χ0) is 13.9. The van der Waals surface area contributed by atoms with Crippen LogP contribution >= 0.6 is 23.7 Å². The van der Waals surface area contributed by atoms with E-state index in [2.05, 4.69) is 19.2 Å². The summed E-state index contributed by atoms with van der Waals surface area (Å²) in [5.74, 6) is -0.0217. The lowest BCUT2D eigenvalue weighted by Gasteiger charge is -2.31. The first-order valence-electron chi connectivity index (χ1n) is 6.64. The summed E-state index contributed by atoms with van der Waals surface area (Å²) in [5, 5.41) is 6.06. The summed E-state index contributed by atoms with van der Waals surface area (Å²) in [6, 6.07) is 7.97. The molecule has 1 aromatic carbocycles. The molecule has 0 saturated heterocycles. The molecule has 0 aliphatic heterocycles. The molecule has 3 N–H and O–H groups in total. The molecule has 3 nitrogen and oxygen atoms in total. The maximum atomic E-state index is 12.5. The molecule has 110 valence electrons. The average molecular weight is 313 g/mol. The van der Waals surface area contributed by atoms with E-state index in [1.165, 1.54) is 0 Å².